The predicted octanol–water partition coefficient (Wildman–Crippen LogP) is 4.03. The van der Waals surface area contributed by atoms with Crippen LogP contribution in [0.4, 0.5) is 8.78 Å². The lowest BCUT2D eigenvalue weighted by molar-refractivity contribution is 0.576. The van der Waals surface area contributed by atoms with E-state index < -0.39 is 11.6 Å². The van der Waals surface area contributed by atoms with Gasteiger partial charge in [0.25, 0.3) is 0 Å². The van der Waals surface area contributed by atoms with E-state index in [2.05, 4.69) is 0 Å². The van der Waals surface area contributed by atoms with Crippen LogP contribution in [0.3, 0.4) is 0 Å². The largest absolute Gasteiger partial charge is 0.315 e. The van der Waals surface area contributed by atoms with Crippen LogP contribution in [0, 0.1) is 25.5 Å². The fraction of sp³-hybridized carbons (Fsp3) is 0.167. The number of hydrogen-bond donors (Lipinski definition) is 0. The zero-order valence-corrected chi connectivity index (χ0v) is 9.65. The van der Waals surface area contributed by atoms with Gasteiger partial charge < -0.3 is 4.57 Å². The van der Waals surface area contributed by atoms with E-state index in [1.165, 1.54) is 0 Å². The quantitative estimate of drug-likeness (QED) is 0.711. The molecule has 1 nitrogen and oxygen atoms in total. The van der Waals surface area contributed by atoms with E-state index >= 15 is 0 Å². The van der Waals surface area contributed by atoms with Gasteiger partial charge in [0, 0.05) is 17.5 Å². The highest BCUT2D eigenvalue weighted by Crippen LogP contribution is 2.27. The van der Waals surface area contributed by atoms with Gasteiger partial charge in [-0.25, -0.2) is 8.78 Å². The maximum Gasteiger partial charge on any atom is 0.151 e. The molecule has 0 aliphatic carbocycles. The van der Waals surface area contributed by atoms with E-state index in [0.29, 0.717) is 0 Å². The Morgan fingerprint density at radius 2 is 1.62 bits per heavy atom. The highest BCUT2D eigenvalue weighted by atomic mass is 35.5. The third-order valence-corrected chi connectivity index (χ3v) is 2.76. The van der Waals surface area contributed by atoms with E-state index in [9.17, 15) is 8.78 Å². The monoisotopic (exact) mass is 241 g/mol. The van der Waals surface area contributed by atoms with Crippen LogP contribution in [0.25, 0.3) is 5.69 Å². The summed E-state index contributed by atoms with van der Waals surface area (Å²) >= 11 is 5.87. The second-order valence-corrected chi connectivity index (χ2v) is 4.08. The van der Waals surface area contributed by atoms with Crippen LogP contribution in [-0.4, -0.2) is 4.57 Å². The Labute approximate surface area is 97.3 Å². The van der Waals surface area contributed by atoms with E-state index in [0.717, 1.165) is 23.5 Å². The second-order valence-electron chi connectivity index (χ2n) is 3.67. The molecule has 84 valence electrons. The fourth-order valence-electron chi connectivity index (χ4n) is 1.77. The average molecular weight is 242 g/mol. The SMILES string of the molecule is Cc1ccc(C)n1-c1c(F)cc(F)cc1Cl. The molecule has 0 saturated heterocycles. The van der Waals surface area contributed by atoms with Crippen LogP contribution in [0.5, 0.6) is 0 Å². The topological polar surface area (TPSA) is 4.93 Å². The van der Waals surface area contributed by atoms with Gasteiger partial charge in [-0.2, -0.15) is 0 Å². The Kier molecular flexibility index (Phi) is 2.72. The molecule has 2 rings (SSSR count). The molecule has 1 aromatic heterocycles. The van der Waals surface area contributed by atoms with Crippen LogP contribution >= 0.6 is 11.6 Å². The molecule has 1 aromatic carbocycles. The first-order chi connectivity index (χ1) is 7.50. The molecule has 0 atom stereocenters. The minimum atomic E-state index is -0.672. The highest BCUT2D eigenvalue weighted by Gasteiger charge is 2.14. The molecule has 0 unspecified atom stereocenters. The summed E-state index contributed by atoms with van der Waals surface area (Å²) in [6.45, 7) is 3.68. The maximum atomic E-state index is 13.7. The summed E-state index contributed by atoms with van der Waals surface area (Å²) < 4.78 is 28.3. The minimum absolute atomic E-state index is 0.0694. The van der Waals surface area contributed by atoms with Crippen LogP contribution in [-0.2, 0) is 0 Å². The molecule has 0 amide bonds. The predicted molar refractivity (Wildman–Crippen MR) is 60.2 cm³/mol. The van der Waals surface area contributed by atoms with Gasteiger partial charge in [0.15, 0.2) is 5.82 Å². The van der Waals surface area contributed by atoms with Crippen molar-refractivity contribution in [3.05, 3.63) is 52.3 Å². The van der Waals surface area contributed by atoms with Crippen molar-refractivity contribution in [3.63, 3.8) is 0 Å². The van der Waals surface area contributed by atoms with Crippen molar-refractivity contribution in [2.75, 3.05) is 0 Å². The lowest BCUT2D eigenvalue weighted by Gasteiger charge is -2.12. The van der Waals surface area contributed by atoms with Crippen molar-refractivity contribution in [2.24, 2.45) is 0 Å². The van der Waals surface area contributed by atoms with Gasteiger partial charge >= 0.3 is 0 Å². The summed E-state index contributed by atoms with van der Waals surface area (Å²) in [6.07, 6.45) is 0. The number of nitrogens with zero attached hydrogens (tertiary/aromatic N) is 1. The summed E-state index contributed by atoms with van der Waals surface area (Å²) in [4.78, 5) is 0. The molecule has 0 fully saturated rings. The lowest BCUT2D eigenvalue weighted by Crippen LogP contribution is -2.03. The van der Waals surface area contributed by atoms with Gasteiger partial charge in [-0.15, -0.1) is 0 Å². The number of rotatable bonds is 1. The molecule has 2 aromatic rings. The molecule has 0 N–H and O–H groups in total. The third-order valence-electron chi connectivity index (χ3n) is 2.48. The maximum absolute atomic E-state index is 13.7. The first kappa shape index (κ1) is 11.1. The molecular weight excluding hydrogens is 232 g/mol. The molecule has 0 bridgehead atoms. The van der Waals surface area contributed by atoms with E-state index in [1.54, 1.807) is 4.57 Å². The van der Waals surface area contributed by atoms with Crippen LogP contribution in [0.2, 0.25) is 5.02 Å². The van der Waals surface area contributed by atoms with Crippen molar-refractivity contribution in [3.8, 4) is 5.69 Å². The molecule has 0 aliphatic rings. The van der Waals surface area contributed by atoms with Crippen molar-refractivity contribution < 1.29 is 8.78 Å². The van der Waals surface area contributed by atoms with Crippen molar-refractivity contribution in [2.45, 2.75) is 13.8 Å². The molecule has 16 heavy (non-hydrogen) atoms. The zero-order chi connectivity index (χ0) is 11.9. The van der Waals surface area contributed by atoms with E-state index in [1.807, 2.05) is 26.0 Å². The number of hydrogen-bond acceptors (Lipinski definition) is 0. The zero-order valence-electron chi connectivity index (χ0n) is 8.89. The van der Waals surface area contributed by atoms with Gasteiger partial charge in [-0.05, 0) is 32.0 Å². The Hall–Kier alpha value is -1.35. The van der Waals surface area contributed by atoms with Crippen LogP contribution in [0.1, 0.15) is 11.4 Å². The lowest BCUT2D eigenvalue weighted by atomic mass is 10.2. The van der Waals surface area contributed by atoms with E-state index in [4.69, 9.17) is 11.6 Å². The third kappa shape index (κ3) is 1.71. The Balaban J connectivity index is 2.74. The highest BCUT2D eigenvalue weighted by molar-refractivity contribution is 6.32. The van der Waals surface area contributed by atoms with Crippen LogP contribution in [0.15, 0.2) is 24.3 Å². The van der Waals surface area contributed by atoms with Gasteiger partial charge in [-0.1, -0.05) is 11.6 Å². The summed E-state index contributed by atoms with van der Waals surface area (Å²) in [5.41, 5.74) is 1.90. The number of benzene rings is 1. The van der Waals surface area contributed by atoms with Gasteiger partial charge in [0.05, 0.1) is 5.02 Å². The summed E-state index contributed by atoms with van der Waals surface area (Å²) in [6, 6.07) is 5.65. The van der Waals surface area contributed by atoms with Gasteiger partial charge in [0.1, 0.15) is 11.5 Å². The number of halogens is 3. The molecule has 0 saturated carbocycles. The van der Waals surface area contributed by atoms with Crippen molar-refractivity contribution >= 4 is 11.6 Å². The van der Waals surface area contributed by atoms with Gasteiger partial charge in [0.2, 0.25) is 0 Å². The average Bonchev–Trinajstić information content (AvgIpc) is 2.47. The van der Waals surface area contributed by atoms with Crippen molar-refractivity contribution in [1.29, 1.82) is 0 Å². The Morgan fingerprint density at radius 1 is 1.06 bits per heavy atom. The molecular formula is C12H10ClF2N. The second kappa shape index (κ2) is 3.91. The fourth-order valence-corrected chi connectivity index (χ4v) is 2.05. The molecule has 1 heterocycles. The van der Waals surface area contributed by atoms with E-state index in [-0.39, 0.29) is 10.7 Å². The summed E-state index contributed by atoms with van der Waals surface area (Å²) in [7, 11) is 0. The van der Waals surface area contributed by atoms with Gasteiger partial charge in [-0.3, -0.25) is 0 Å². The molecule has 0 radical (unpaired) electrons. The smallest absolute Gasteiger partial charge is 0.151 e. The first-order valence-electron chi connectivity index (χ1n) is 4.80. The Morgan fingerprint density at radius 3 is 2.12 bits per heavy atom. The molecule has 0 spiro atoms. The van der Waals surface area contributed by atoms with Crippen LogP contribution < -0.4 is 0 Å². The van der Waals surface area contributed by atoms with Crippen molar-refractivity contribution in [1.82, 2.24) is 4.57 Å². The first-order valence-corrected chi connectivity index (χ1v) is 5.18. The molecule has 0 aliphatic heterocycles. The normalized spacial score (nSPS) is 10.8. The minimum Gasteiger partial charge on any atom is -0.315 e. The number of aromatic nitrogens is 1. The number of aryl methyl sites for hydroxylation is 2. The standard InChI is InChI=1S/C12H10ClF2N/c1-7-3-4-8(2)16(7)12-10(13)5-9(14)6-11(12)15/h3-6H,1-2H3. The Bertz CT molecular complexity index is 503. The summed E-state index contributed by atoms with van der Waals surface area (Å²) in [5, 5.41) is 0.0694. The molecule has 4 heteroatoms. The summed E-state index contributed by atoms with van der Waals surface area (Å²) in [5.74, 6) is -1.33.